The van der Waals surface area contributed by atoms with Crippen molar-refractivity contribution in [2.45, 2.75) is 32.8 Å². The molecule has 0 fully saturated rings. The van der Waals surface area contributed by atoms with E-state index in [0.717, 1.165) is 11.1 Å². The van der Waals surface area contributed by atoms with Gasteiger partial charge in [-0.3, -0.25) is 0 Å². The van der Waals surface area contributed by atoms with Gasteiger partial charge < -0.3 is 10.4 Å². The van der Waals surface area contributed by atoms with E-state index in [1.54, 1.807) is 6.07 Å². The highest BCUT2D eigenvalue weighted by atomic mass is 19.1. The molecule has 0 spiro atoms. The fourth-order valence-corrected chi connectivity index (χ4v) is 2.19. The SMILES string of the molecule is Cc1ccc(NCC(O)c2ccc(C(C)C)cc2)c(F)c1. The fourth-order valence-electron chi connectivity index (χ4n) is 2.19. The van der Waals surface area contributed by atoms with Crippen molar-refractivity contribution in [1.82, 2.24) is 0 Å². The van der Waals surface area contributed by atoms with Gasteiger partial charge in [0.2, 0.25) is 0 Å². The highest BCUT2D eigenvalue weighted by molar-refractivity contribution is 5.46. The van der Waals surface area contributed by atoms with Crippen LogP contribution in [0.1, 0.15) is 42.6 Å². The lowest BCUT2D eigenvalue weighted by Crippen LogP contribution is -2.13. The van der Waals surface area contributed by atoms with E-state index in [4.69, 9.17) is 0 Å². The molecule has 1 atom stereocenters. The molecule has 0 heterocycles. The Balaban J connectivity index is 1.99. The Kier molecular flexibility index (Phi) is 4.97. The monoisotopic (exact) mass is 287 g/mol. The van der Waals surface area contributed by atoms with Crippen molar-refractivity contribution in [3.05, 3.63) is 65.0 Å². The van der Waals surface area contributed by atoms with Gasteiger partial charge in [-0.15, -0.1) is 0 Å². The van der Waals surface area contributed by atoms with Gasteiger partial charge >= 0.3 is 0 Å². The second-order valence-electron chi connectivity index (χ2n) is 5.70. The number of halogens is 1. The number of nitrogens with one attached hydrogen (secondary N) is 1. The molecule has 2 nitrogen and oxygen atoms in total. The Labute approximate surface area is 125 Å². The summed E-state index contributed by atoms with van der Waals surface area (Å²) in [7, 11) is 0. The maximum Gasteiger partial charge on any atom is 0.146 e. The topological polar surface area (TPSA) is 32.3 Å². The van der Waals surface area contributed by atoms with Gasteiger partial charge in [-0.2, -0.15) is 0 Å². The van der Waals surface area contributed by atoms with Crippen molar-refractivity contribution < 1.29 is 9.50 Å². The number of benzene rings is 2. The van der Waals surface area contributed by atoms with Crippen LogP contribution in [0, 0.1) is 12.7 Å². The molecule has 2 aromatic carbocycles. The van der Waals surface area contributed by atoms with Crippen LogP contribution in [0.3, 0.4) is 0 Å². The van der Waals surface area contributed by atoms with E-state index in [2.05, 4.69) is 19.2 Å². The Morgan fingerprint density at radius 1 is 1.05 bits per heavy atom. The quantitative estimate of drug-likeness (QED) is 0.854. The van der Waals surface area contributed by atoms with E-state index in [-0.39, 0.29) is 12.4 Å². The lowest BCUT2D eigenvalue weighted by atomic mass is 10.00. The molecular formula is C18H22FNO. The number of hydrogen-bond acceptors (Lipinski definition) is 2. The molecule has 0 saturated heterocycles. The van der Waals surface area contributed by atoms with Crippen LogP contribution in [-0.2, 0) is 0 Å². The Hall–Kier alpha value is -1.87. The maximum absolute atomic E-state index is 13.7. The van der Waals surface area contributed by atoms with Crippen LogP contribution in [0.2, 0.25) is 0 Å². The van der Waals surface area contributed by atoms with Gasteiger partial charge in [0.1, 0.15) is 5.82 Å². The average Bonchev–Trinajstić information content (AvgIpc) is 2.46. The van der Waals surface area contributed by atoms with Crippen LogP contribution in [0.4, 0.5) is 10.1 Å². The van der Waals surface area contributed by atoms with Crippen LogP contribution >= 0.6 is 0 Å². The van der Waals surface area contributed by atoms with Crippen molar-refractivity contribution in [3.8, 4) is 0 Å². The van der Waals surface area contributed by atoms with E-state index in [0.29, 0.717) is 11.6 Å². The molecule has 0 aromatic heterocycles. The first-order valence-corrected chi connectivity index (χ1v) is 7.25. The van der Waals surface area contributed by atoms with Crippen LogP contribution in [0.5, 0.6) is 0 Å². The second kappa shape index (κ2) is 6.72. The molecule has 21 heavy (non-hydrogen) atoms. The molecule has 112 valence electrons. The number of aliphatic hydroxyl groups excluding tert-OH is 1. The highest BCUT2D eigenvalue weighted by Crippen LogP contribution is 2.20. The first-order valence-electron chi connectivity index (χ1n) is 7.25. The molecule has 0 saturated carbocycles. The van der Waals surface area contributed by atoms with Gasteiger partial charge in [-0.05, 0) is 41.7 Å². The minimum atomic E-state index is -0.660. The predicted molar refractivity (Wildman–Crippen MR) is 85.1 cm³/mol. The summed E-state index contributed by atoms with van der Waals surface area (Å²) in [4.78, 5) is 0. The van der Waals surface area contributed by atoms with Crippen molar-refractivity contribution in [3.63, 3.8) is 0 Å². The third-order valence-corrected chi connectivity index (χ3v) is 3.60. The molecule has 2 rings (SSSR count). The zero-order valence-corrected chi connectivity index (χ0v) is 12.7. The summed E-state index contributed by atoms with van der Waals surface area (Å²) in [5, 5.41) is 13.1. The van der Waals surface area contributed by atoms with Gasteiger partial charge in [0.15, 0.2) is 0 Å². The molecule has 0 bridgehead atoms. The molecule has 0 amide bonds. The summed E-state index contributed by atoms with van der Waals surface area (Å²) < 4.78 is 13.7. The van der Waals surface area contributed by atoms with E-state index < -0.39 is 6.10 Å². The number of rotatable bonds is 5. The highest BCUT2D eigenvalue weighted by Gasteiger charge is 2.09. The largest absolute Gasteiger partial charge is 0.387 e. The van der Waals surface area contributed by atoms with Crippen LogP contribution in [0.25, 0.3) is 0 Å². The number of hydrogen-bond donors (Lipinski definition) is 2. The van der Waals surface area contributed by atoms with Gasteiger partial charge in [-0.25, -0.2) is 4.39 Å². The normalized spacial score (nSPS) is 12.5. The molecule has 0 radical (unpaired) electrons. The van der Waals surface area contributed by atoms with Crippen molar-refractivity contribution in [1.29, 1.82) is 0 Å². The standard InChI is InChI=1S/C18H22FNO/c1-12(2)14-5-7-15(8-6-14)18(21)11-20-17-9-4-13(3)10-16(17)19/h4-10,12,18,20-21H,11H2,1-3H3. The van der Waals surface area contributed by atoms with Crippen LogP contribution in [0.15, 0.2) is 42.5 Å². The summed E-state index contributed by atoms with van der Waals surface area (Å²) in [6.07, 6.45) is -0.660. The van der Waals surface area contributed by atoms with E-state index >= 15 is 0 Å². The second-order valence-corrected chi connectivity index (χ2v) is 5.70. The summed E-state index contributed by atoms with van der Waals surface area (Å²) in [6, 6.07) is 12.9. The van der Waals surface area contributed by atoms with E-state index in [1.165, 1.54) is 11.6 Å². The summed E-state index contributed by atoms with van der Waals surface area (Å²) >= 11 is 0. The molecule has 2 N–H and O–H groups in total. The number of anilines is 1. The first-order chi connectivity index (χ1) is 9.97. The van der Waals surface area contributed by atoms with Crippen molar-refractivity contribution in [2.24, 2.45) is 0 Å². The Morgan fingerprint density at radius 3 is 2.24 bits per heavy atom. The lowest BCUT2D eigenvalue weighted by molar-refractivity contribution is 0.191. The Morgan fingerprint density at radius 2 is 1.67 bits per heavy atom. The third kappa shape index (κ3) is 4.05. The molecular weight excluding hydrogens is 265 g/mol. The summed E-state index contributed by atoms with van der Waals surface area (Å²) in [5.41, 5.74) is 3.37. The Bertz CT molecular complexity index is 593. The zero-order valence-electron chi connectivity index (χ0n) is 12.7. The third-order valence-electron chi connectivity index (χ3n) is 3.60. The first kappa shape index (κ1) is 15.5. The van der Waals surface area contributed by atoms with Crippen LogP contribution < -0.4 is 5.32 Å². The summed E-state index contributed by atoms with van der Waals surface area (Å²) in [6.45, 7) is 6.39. The minimum absolute atomic E-state index is 0.279. The molecule has 0 aliphatic carbocycles. The molecule has 3 heteroatoms. The maximum atomic E-state index is 13.7. The predicted octanol–water partition coefficient (Wildman–Crippen LogP) is 4.40. The molecule has 0 aliphatic heterocycles. The van der Waals surface area contributed by atoms with Gasteiger partial charge in [0.05, 0.1) is 11.8 Å². The average molecular weight is 287 g/mol. The zero-order chi connectivity index (χ0) is 15.4. The lowest BCUT2D eigenvalue weighted by Gasteiger charge is -2.15. The molecule has 2 aromatic rings. The number of aryl methyl sites for hydroxylation is 1. The van der Waals surface area contributed by atoms with Gasteiger partial charge in [-0.1, -0.05) is 44.2 Å². The minimum Gasteiger partial charge on any atom is -0.387 e. The molecule has 0 aliphatic rings. The van der Waals surface area contributed by atoms with Crippen molar-refractivity contribution in [2.75, 3.05) is 11.9 Å². The van der Waals surface area contributed by atoms with Crippen LogP contribution in [-0.4, -0.2) is 11.7 Å². The molecule has 1 unspecified atom stereocenters. The van der Waals surface area contributed by atoms with E-state index in [9.17, 15) is 9.50 Å². The summed E-state index contributed by atoms with van der Waals surface area (Å²) in [5.74, 6) is 0.174. The van der Waals surface area contributed by atoms with Gasteiger partial charge in [0, 0.05) is 6.54 Å². The van der Waals surface area contributed by atoms with E-state index in [1.807, 2.05) is 37.3 Å². The van der Waals surface area contributed by atoms with Gasteiger partial charge in [0.25, 0.3) is 0 Å². The number of aliphatic hydroxyl groups is 1. The fraction of sp³-hybridized carbons (Fsp3) is 0.333. The smallest absolute Gasteiger partial charge is 0.146 e. The van der Waals surface area contributed by atoms with Crippen molar-refractivity contribution >= 4 is 5.69 Å².